The molecule has 16 heavy (non-hydrogen) atoms. The Morgan fingerprint density at radius 1 is 1.25 bits per heavy atom. The number of rotatable bonds is 3. The minimum Gasteiger partial charge on any atom is -0.247 e. The van der Waals surface area contributed by atoms with Crippen molar-refractivity contribution in [3.63, 3.8) is 0 Å². The zero-order chi connectivity index (χ0) is 11.7. The molecule has 2 aromatic heterocycles. The molecule has 0 aliphatic rings. The minimum absolute atomic E-state index is 0.356. The van der Waals surface area contributed by atoms with Crippen LogP contribution in [0.3, 0.4) is 0 Å². The number of fused-ring (bicyclic) bond motifs is 1. The molecule has 86 valence electrons. The van der Waals surface area contributed by atoms with Gasteiger partial charge in [-0.1, -0.05) is 20.8 Å². The molecule has 2 heterocycles. The lowest BCUT2D eigenvalue weighted by Gasteiger charge is -2.07. The number of hydrogen-bond donors (Lipinski definition) is 0. The molecule has 2 aromatic rings. The van der Waals surface area contributed by atoms with E-state index in [2.05, 4.69) is 42.8 Å². The van der Waals surface area contributed by atoms with Crippen LogP contribution in [0.25, 0.3) is 11.0 Å². The summed E-state index contributed by atoms with van der Waals surface area (Å²) in [5, 5.41) is 5.43. The second kappa shape index (κ2) is 4.20. The topological polar surface area (TPSA) is 43.6 Å². The summed E-state index contributed by atoms with van der Waals surface area (Å²) in [6.07, 6.45) is 2.80. The van der Waals surface area contributed by atoms with Crippen LogP contribution in [0.4, 0.5) is 0 Å². The maximum Gasteiger partial charge on any atom is 0.161 e. The van der Waals surface area contributed by atoms with E-state index >= 15 is 0 Å². The molecule has 0 spiro atoms. The average Bonchev–Trinajstić information content (AvgIpc) is 2.70. The Morgan fingerprint density at radius 3 is 2.56 bits per heavy atom. The van der Waals surface area contributed by atoms with Gasteiger partial charge in [-0.05, 0) is 13.3 Å². The van der Waals surface area contributed by atoms with Crippen LogP contribution in [-0.4, -0.2) is 19.7 Å². The highest BCUT2D eigenvalue weighted by Gasteiger charge is 2.12. The second-order valence-electron chi connectivity index (χ2n) is 4.23. The van der Waals surface area contributed by atoms with Gasteiger partial charge in [0.1, 0.15) is 5.82 Å². The molecule has 0 aliphatic carbocycles. The van der Waals surface area contributed by atoms with Gasteiger partial charge >= 0.3 is 0 Å². The zero-order valence-electron chi connectivity index (χ0n) is 10.4. The van der Waals surface area contributed by atoms with Crippen molar-refractivity contribution >= 4 is 11.0 Å². The summed E-state index contributed by atoms with van der Waals surface area (Å²) >= 11 is 0. The summed E-state index contributed by atoms with van der Waals surface area (Å²) < 4.78 is 1.93. The van der Waals surface area contributed by atoms with Crippen molar-refractivity contribution in [2.45, 2.75) is 46.6 Å². The highest BCUT2D eigenvalue weighted by molar-refractivity contribution is 5.77. The predicted molar refractivity (Wildman–Crippen MR) is 64.5 cm³/mol. The predicted octanol–water partition coefficient (Wildman–Crippen LogP) is 2.53. The van der Waals surface area contributed by atoms with Gasteiger partial charge in [0.15, 0.2) is 5.65 Å². The highest BCUT2D eigenvalue weighted by atomic mass is 15.3. The van der Waals surface area contributed by atoms with E-state index in [9.17, 15) is 0 Å². The third kappa shape index (κ3) is 1.68. The molecule has 0 saturated heterocycles. The molecule has 0 radical (unpaired) electrons. The minimum atomic E-state index is 0.356. The van der Waals surface area contributed by atoms with Crippen LogP contribution in [0.15, 0.2) is 6.20 Å². The molecule has 0 fully saturated rings. The Labute approximate surface area is 95.7 Å². The van der Waals surface area contributed by atoms with Crippen LogP contribution < -0.4 is 0 Å². The van der Waals surface area contributed by atoms with Crippen LogP contribution in [0.5, 0.6) is 0 Å². The number of aryl methyl sites for hydroxylation is 2. The molecule has 4 nitrogen and oxygen atoms in total. The summed E-state index contributed by atoms with van der Waals surface area (Å²) in [6, 6.07) is 0. The molecular weight excluding hydrogens is 200 g/mol. The lowest BCUT2D eigenvalue weighted by Crippen LogP contribution is -2.05. The Balaban J connectivity index is 2.71. The summed E-state index contributed by atoms with van der Waals surface area (Å²) in [7, 11) is 0. The first kappa shape index (κ1) is 11.0. The van der Waals surface area contributed by atoms with Gasteiger partial charge in [0.25, 0.3) is 0 Å². The van der Waals surface area contributed by atoms with Crippen LogP contribution in [0.2, 0.25) is 0 Å². The number of nitrogens with zero attached hydrogens (tertiary/aromatic N) is 4. The van der Waals surface area contributed by atoms with Crippen molar-refractivity contribution in [2.75, 3.05) is 0 Å². The van der Waals surface area contributed by atoms with E-state index in [0.29, 0.717) is 5.92 Å². The molecule has 0 bridgehead atoms. The van der Waals surface area contributed by atoms with E-state index in [4.69, 9.17) is 0 Å². The number of aromatic nitrogens is 4. The van der Waals surface area contributed by atoms with Gasteiger partial charge in [0.05, 0.1) is 17.3 Å². The van der Waals surface area contributed by atoms with Crippen molar-refractivity contribution in [1.82, 2.24) is 19.7 Å². The zero-order valence-corrected chi connectivity index (χ0v) is 10.4. The third-order valence-corrected chi connectivity index (χ3v) is 2.74. The smallest absolute Gasteiger partial charge is 0.161 e. The van der Waals surface area contributed by atoms with Crippen LogP contribution >= 0.6 is 0 Å². The van der Waals surface area contributed by atoms with Gasteiger partial charge in [0.2, 0.25) is 0 Å². The van der Waals surface area contributed by atoms with E-state index in [-0.39, 0.29) is 0 Å². The van der Waals surface area contributed by atoms with Gasteiger partial charge in [-0.2, -0.15) is 5.10 Å². The Kier molecular flexibility index (Phi) is 2.90. The van der Waals surface area contributed by atoms with E-state index < -0.39 is 0 Å². The van der Waals surface area contributed by atoms with Gasteiger partial charge in [0, 0.05) is 12.5 Å². The van der Waals surface area contributed by atoms with E-state index in [1.54, 1.807) is 0 Å². The quantitative estimate of drug-likeness (QED) is 0.795. The van der Waals surface area contributed by atoms with E-state index in [0.717, 1.165) is 35.5 Å². The van der Waals surface area contributed by atoms with Crippen molar-refractivity contribution in [2.24, 2.45) is 0 Å². The maximum atomic E-state index is 4.60. The summed E-state index contributed by atoms with van der Waals surface area (Å²) in [4.78, 5) is 9.21. The third-order valence-electron chi connectivity index (χ3n) is 2.74. The molecule has 2 rings (SSSR count). The van der Waals surface area contributed by atoms with Crippen LogP contribution in [-0.2, 0) is 13.0 Å². The Hall–Kier alpha value is -1.45. The standard InChI is InChI=1S/C12H18N4/c1-5-10-9-7-13-16(6-2)12(9)15-11(14-10)8(3)4/h7-8H,5-6H2,1-4H3. The molecular formula is C12H18N4. The lowest BCUT2D eigenvalue weighted by atomic mass is 10.2. The molecule has 0 N–H and O–H groups in total. The first-order valence-corrected chi connectivity index (χ1v) is 5.89. The van der Waals surface area contributed by atoms with Gasteiger partial charge in [-0.3, -0.25) is 0 Å². The Bertz CT molecular complexity index is 499. The van der Waals surface area contributed by atoms with E-state index in [1.807, 2.05) is 10.9 Å². The van der Waals surface area contributed by atoms with Crippen LogP contribution in [0, 0.1) is 0 Å². The highest BCUT2D eigenvalue weighted by Crippen LogP contribution is 2.19. The first-order valence-electron chi connectivity index (χ1n) is 5.89. The average molecular weight is 218 g/mol. The second-order valence-corrected chi connectivity index (χ2v) is 4.23. The van der Waals surface area contributed by atoms with Crippen molar-refractivity contribution in [1.29, 1.82) is 0 Å². The lowest BCUT2D eigenvalue weighted by molar-refractivity contribution is 0.669. The first-order chi connectivity index (χ1) is 7.67. The van der Waals surface area contributed by atoms with Gasteiger partial charge < -0.3 is 0 Å². The maximum absolute atomic E-state index is 4.60. The molecule has 0 aliphatic heterocycles. The molecule has 4 heteroatoms. The largest absolute Gasteiger partial charge is 0.247 e. The van der Waals surface area contributed by atoms with Crippen LogP contribution in [0.1, 0.15) is 45.1 Å². The van der Waals surface area contributed by atoms with Gasteiger partial charge in [-0.15, -0.1) is 0 Å². The molecule has 0 unspecified atom stereocenters. The van der Waals surface area contributed by atoms with Crippen molar-refractivity contribution < 1.29 is 0 Å². The number of hydrogen-bond acceptors (Lipinski definition) is 3. The fraction of sp³-hybridized carbons (Fsp3) is 0.583. The fourth-order valence-corrected chi connectivity index (χ4v) is 1.79. The molecule has 0 aromatic carbocycles. The monoisotopic (exact) mass is 218 g/mol. The molecule has 0 atom stereocenters. The molecule has 0 amide bonds. The van der Waals surface area contributed by atoms with Crippen molar-refractivity contribution in [3.05, 3.63) is 17.7 Å². The van der Waals surface area contributed by atoms with E-state index in [1.165, 1.54) is 0 Å². The summed E-state index contributed by atoms with van der Waals surface area (Å²) in [5.74, 6) is 1.27. The summed E-state index contributed by atoms with van der Waals surface area (Å²) in [5.41, 5.74) is 2.08. The fourth-order valence-electron chi connectivity index (χ4n) is 1.79. The normalized spacial score (nSPS) is 11.6. The van der Waals surface area contributed by atoms with Crippen molar-refractivity contribution in [3.8, 4) is 0 Å². The SMILES string of the molecule is CCc1nc(C(C)C)nc2c1cnn2CC. The van der Waals surface area contributed by atoms with Gasteiger partial charge in [-0.25, -0.2) is 14.6 Å². The molecule has 0 saturated carbocycles. The Morgan fingerprint density at radius 2 is 2.00 bits per heavy atom. The summed E-state index contributed by atoms with van der Waals surface area (Å²) in [6.45, 7) is 9.28.